The van der Waals surface area contributed by atoms with Crippen LogP contribution in [0.1, 0.15) is 65.7 Å². The lowest BCUT2D eigenvalue weighted by Gasteiger charge is -2.59. The molecule has 0 aromatic heterocycles. The van der Waals surface area contributed by atoms with E-state index in [4.69, 9.17) is 17.5 Å². The molecular weight excluding hydrogens is 396 g/mol. The second kappa shape index (κ2) is 7.71. The number of aliphatic hydroxyl groups excluding tert-OH is 2. The molecule has 3 fully saturated rings. The van der Waals surface area contributed by atoms with E-state index in [0.717, 1.165) is 44.9 Å². The van der Waals surface area contributed by atoms with Gasteiger partial charge in [-0.05, 0) is 80.5 Å². The van der Waals surface area contributed by atoms with Crippen molar-refractivity contribution >= 4 is 16.2 Å². The molecular formula is C21H34O7S. The highest BCUT2D eigenvalue weighted by molar-refractivity contribution is 7.79. The smallest absolute Gasteiger partial charge is 0.393 e. The third-order valence-corrected chi connectivity index (χ3v) is 8.50. The van der Waals surface area contributed by atoms with Gasteiger partial charge in [-0.1, -0.05) is 25.5 Å². The van der Waals surface area contributed by atoms with E-state index in [1.165, 1.54) is 5.57 Å². The first-order valence-corrected chi connectivity index (χ1v) is 11.9. The van der Waals surface area contributed by atoms with Gasteiger partial charge in [0.15, 0.2) is 0 Å². The summed E-state index contributed by atoms with van der Waals surface area (Å²) < 4.78 is 31.6. The van der Waals surface area contributed by atoms with Crippen LogP contribution in [0.5, 0.6) is 0 Å². The number of carbonyl (C=O) groups is 1. The van der Waals surface area contributed by atoms with Crippen molar-refractivity contribution in [2.24, 2.45) is 34.5 Å². The zero-order valence-electron chi connectivity index (χ0n) is 17.4. The number of hydrogen-bond acceptors (Lipinski definition) is 5. The normalized spacial score (nSPS) is 46.4. The van der Waals surface area contributed by atoms with Crippen LogP contribution in [0.3, 0.4) is 0 Å². The first-order valence-electron chi connectivity index (χ1n) is 10.5. The summed E-state index contributed by atoms with van der Waals surface area (Å²) in [4.78, 5) is 12.2. The Kier molecular flexibility index (Phi) is 6.08. The molecule has 4 aliphatic rings. The third kappa shape index (κ3) is 4.19. The fourth-order valence-corrected chi connectivity index (χ4v) is 7.44. The Morgan fingerprint density at radius 2 is 1.76 bits per heavy atom. The summed E-state index contributed by atoms with van der Waals surface area (Å²) >= 11 is 0. The molecule has 0 amide bonds. The zero-order valence-corrected chi connectivity index (χ0v) is 18.2. The number of carbonyl (C=O) groups excluding carboxylic acids is 1. The van der Waals surface area contributed by atoms with E-state index in [2.05, 4.69) is 19.9 Å². The second-order valence-corrected chi connectivity index (χ2v) is 10.9. The van der Waals surface area contributed by atoms with Crippen molar-refractivity contribution in [2.75, 3.05) is 0 Å². The predicted molar refractivity (Wildman–Crippen MR) is 107 cm³/mol. The topological polar surface area (TPSA) is 132 Å². The number of ketones is 1. The molecule has 166 valence electrons. The van der Waals surface area contributed by atoms with Crippen LogP contribution < -0.4 is 0 Å². The summed E-state index contributed by atoms with van der Waals surface area (Å²) in [5, 5.41) is 21.3. The van der Waals surface area contributed by atoms with Crippen molar-refractivity contribution in [1.82, 2.24) is 0 Å². The molecule has 0 aromatic carbocycles. The number of fused-ring (bicyclic) bond motifs is 5. The molecule has 8 heteroatoms. The van der Waals surface area contributed by atoms with Gasteiger partial charge >= 0.3 is 10.4 Å². The summed E-state index contributed by atoms with van der Waals surface area (Å²) in [6.45, 7) is 6.33. The summed E-state index contributed by atoms with van der Waals surface area (Å²) in [7, 11) is -4.67. The highest BCUT2D eigenvalue weighted by atomic mass is 32.3. The quantitative estimate of drug-likeness (QED) is 0.371. The van der Waals surface area contributed by atoms with Crippen molar-refractivity contribution < 1.29 is 32.5 Å². The highest BCUT2D eigenvalue weighted by Crippen LogP contribution is 2.66. The maximum Gasteiger partial charge on any atom is 0.394 e. The largest absolute Gasteiger partial charge is 0.394 e. The molecule has 0 radical (unpaired) electrons. The van der Waals surface area contributed by atoms with Crippen molar-refractivity contribution in [3.8, 4) is 0 Å². The molecule has 3 saturated carbocycles. The Labute approximate surface area is 173 Å². The van der Waals surface area contributed by atoms with Gasteiger partial charge < -0.3 is 10.2 Å². The standard InChI is InChI=1S/C21H32O3.H2O4S/c1-12(22)16-6-7-17-15-5-4-13-10-14(23)8-9-20(13,2)19(15)18(24)11-21(16,17)3;1-5(2,3)4/h4,14-19,23-24H,5-11H2,1-3H3;(H2,1,2,3,4). The SMILES string of the molecule is CC(=O)C1CCC2C3CC=C4CC(O)CCC4(C)C3C(O)CC12C.O=S(=O)(O)O. The fraction of sp³-hybridized carbons (Fsp3) is 0.857. The number of Topliss-reactive ketones (excluding diaryl/α,β-unsaturated/α-hetero) is 1. The van der Waals surface area contributed by atoms with Gasteiger partial charge in [-0.2, -0.15) is 8.42 Å². The molecule has 0 spiro atoms. The average molecular weight is 431 g/mol. The molecule has 8 unspecified atom stereocenters. The molecule has 0 aliphatic heterocycles. The Bertz CT molecular complexity index is 783. The molecule has 4 aliphatic carbocycles. The molecule has 0 heterocycles. The van der Waals surface area contributed by atoms with Gasteiger partial charge in [-0.25, -0.2) is 0 Å². The lowest BCUT2D eigenvalue weighted by molar-refractivity contribution is -0.140. The van der Waals surface area contributed by atoms with Crippen LogP contribution in [0.25, 0.3) is 0 Å². The van der Waals surface area contributed by atoms with Gasteiger partial charge in [0.2, 0.25) is 0 Å². The van der Waals surface area contributed by atoms with Gasteiger partial charge in [0.05, 0.1) is 12.2 Å². The van der Waals surface area contributed by atoms with Crippen LogP contribution in [-0.2, 0) is 15.2 Å². The summed E-state index contributed by atoms with van der Waals surface area (Å²) in [6.07, 6.45) is 8.39. The molecule has 4 rings (SSSR count). The minimum atomic E-state index is -4.67. The highest BCUT2D eigenvalue weighted by Gasteiger charge is 2.62. The molecule has 0 saturated heterocycles. The molecule has 0 bridgehead atoms. The lowest BCUT2D eigenvalue weighted by atomic mass is 9.46. The Morgan fingerprint density at radius 1 is 1.14 bits per heavy atom. The van der Waals surface area contributed by atoms with E-state index in [0.29, 0.717) is 23.5 Å². The Hall–Kier alpha value is -0.800. The van der Waals surface area contributed by atoms with Crippen LogP contribution in [0.2, 0.25) is 0 Å². The van der Waals surface area contributed by atoms with Gasteiger partial charge in [0.25, 0.3) is 0 Å². The van der Waals surface area contributed by atoms with Crippen LogP contribution in [0.15, 0.2) is 11.6 Å². The molecule has 0 aromatic rings. The molecule has 7 nitrogen and oxygen atoms in total. The van der Waals surface area contributed by atoms with Gasteiger partial charge in [-0.3, -0.25) is 13.9 Å². The Balaban J connectivity index is 0.000000431. The van der Waals surface area contributed by atoms with Crippen molar-refractivity contribution in [1.29, 1.82) is 0 Å². The van der Waals surface area contributed by atoms with E-state index in [1.807, 2.05) is 0 Å². The summed E-state index contributed by atoms with van der Waals surface area (Å²) in [5.74, 6) is 1.79. The van der Waals surface area contributed by atoms with Crippen LogP contribution in [0.4, 0.5) is 0 Å². The van der Waals surface area contributed by atoms with Crippen LogP contribution in [-0.4, -0.2) is 45.7 Å². The number of aliphatic hydroxyl groups is 2. The first-order chi connectivity index (χ1) is 13.3. The van der Waals surface area contributed by atoms with E-state index in [9.17, 15) is 15.0 Å². The number of hydrogen-bond donors (Lipinski definition) is 4. The minimum absolute atomic E-state index is 0.0255. The Morgan fingerprint density at radius 3 is 2.34 bits per heavy atom. The average Bonchev–Trinajstić information content (AvgIpc) is 2.90. The fourth-order valence-electron chi connectivity index (χ4n) is 7.44. The van der Waals surface area contributed by atoms with Crippen LogP contribution >= 0.6 is 0 Å². The minimum Gasteiger partial charge on any atom is -0.393 e. The molecule has 8 atom stereocenters. The molecule has 4 N–H and O–H groups in total. The van der Waals surface area contributed by atoms with E-state index in [-0.39, 0.29) is 29.0 Å². The van der Waals surface area contributed by atoms with E-state index < -0.39 is 10.4 Å². The van der Waals surface area contributed by atoms with E-state index in [1.54, 1.807) is 6.92 Å². The summed E-state index contributed by atoms with van der Waals surface area (Å²) in [6, 6.07) is 0. The maximum absolute atomic E-state index is 12.2. The third-order valence-electron chi connectivity index (χ3n) is 8.50. The lowest BCUT2D eigenvalue weighted by Crippen LogP contribution is -2.56. The van der Waals surface area contributed by atoms with Crippen LogP contribution in [0, 0.1) is 34.5 Å². The van der Waals surface area contributed by atoms with Gasteiger partial charge in [-0.15, -0.1) is 0 Å². The van der Waals surface area contributed by atoms with Crippen molar-refractivity contribution in [3.05, 3.63) is 11.6 Å². The van der Waals surface area contributed by atoms with Gasteiger partial charge in [0, 0.05) is 5.92 Å². The first kappa shape index (κ1) is 22.9. The second-order valence-electron chi connectivity index (χ2n) is 10.0. The van der Waals surface area contributed by atoms with Gasteiger partial charge in [0.1, 0.15) is 5.78 Å². The zero-order chi connectivity index (χ0) is 21.8. The van der Waals surface area contributed by atoms with Crippen molar-refractivity contribution in [2.45, 2.75) is 77.9 Å². The molecule has 29 heavy (non-hydrogen) atoms. The summed E-state index contributed by atoms with van der Waals surface area (Å²) in [5.41, 5.74) is 1.39. The van der Waals surface area contributed by atoms with E-state index >= 15 is 0 Å². The number of rotatable bonds is 1. The monoisotopic (exact) mass is 430 g/mol. The predicted octanol–water partition coefficient (Wildman–Crippen LogP) is 2.83. The number of allylic oxidation sites excluding steroid dienone is 1. The van der Waals surface area contributed by atoms with Crippen molar-refractivity contribution in [3.63, 3.8) is 0 Å². The maximum atomic E-state index is 12.2.